The Morgan fingerprint density at radius 3 is 2.85 bits per heavy atom. The molecule has 1 aliphatic carbocycles. The van der Waals surface area contributed by atoms with Crippen LogP contribution in [0.3, 0.4) is 0 Å². The Bertz CT molecular complexity index is 418. The number of hydrogen-bond donors (Lipinski definition) is 2. The maximum atomic E-state index is 5.88. The molecule has 1 fully saturated rings. The van der Waals surface area contributed by atoms with E-state index in [0.29, 0.717) is 17.5 Å². The highest BCUT2D eigenvalue weighted by molar-refractivity contribution is 5.53. The normalized spacial score (nSPS) is 14.6. The zero-order chi connectivity index (χ0) is 14.4. The molecule has 1 saturated carbocycles. The van der Waals surface area contributed by atoms with Crippen LogP contribution in [-0.2, 0) is 0 Å². The van der Waals surface area contributed by atoms with Gasteiger partial charge < -0.3 is 20.7 Å². The Morgan fingerprint density at radius 2 is 2.15 bits per heavy atom. The number of aromatic nitrogens is 1. The summed E-state index contributed by atoms with van der Waals surface area (Å²) < 4.78 is 5.68. The van der Waals surface area contributed by atoms with Crippen molar-refractivity contribution in [1.82, 2.24) is 9.88 Å². The molecule has 0 bridgehead atoms. The Kier molecular flexibility index (Phi) is 5.47. The maximum absolute atomic E-state index is 5.88. The van der Waals surface area contributed by atoms with Gasteiger partial charge in [-0.1, -0.05) is 0 Å². The fourth-order valence-corrected chi connectivity index (χ4v) is 1.92. The van der Waals surface area contributed by atoms with Crippen molar-refractivity contribution in [2.45, 2.75) is 25.7 Å². The fourth-order valence-electron chi connectivity index (χ4n) is 1.92. The van der Waals surface area contributed by atoms with E-state index in [1.54, 1.807) is 0 Å². The maximum Gasteiger partial charge on any atom is 0.239 e. The lowest BCUT2D eigenvalue weighted by Gasteiger charge is -2.11. The highest BCUT2D eigenvalue weighted by atomic mass is 16.5. The fraction of sp³-hybridized carbons (Fsp3) is 0.667. The van der Waals surface area contributed by atoms with Gasteiger partial charge in [-0.3, -0.25) is 0 Å². The number of unbranched alkanes of at least 4 members (excludes halogenated alkanes) is 1. The van der Waals surface area contributed by atoms with Crippen LogP contribution in [0.2, 0.25) is 0 Å². The predicted molar refractivity (Wildman–Crippen MR) is 83.1 cm³/mol. The van der Waals surface area contributed by atoms with Crippen LogP contribution in [0.25, 0.3) is 0 Å². The Balaban J connectivity index is 1.74. The summed E-state index contributed by atoms with van der Waals surface area (Å²) in [6, 6.07) is 3.77. The summed E-state index contributed by atoms with van der Waals surface area (Å²) in [5, 5.41) is 3.32. The molecule has 0 aromatic carbocycles. The van der Waals surface area contributed by atoms with Crippen molar-refractivity contribution in [2.75, 3.05) is 44.8 Å². The Morgan fingerprint density at radius 1 is 1.35 bits per heavy atom. The molecule has 0 radical (unpaired) electrons. The minimum atomic E-state index is 0.565. The number of anilines is 2. The summed E-state index contributed by atoms with van der Waals surface area (Å²) >= 11 is 0. The minimum absolute atomic E-state index is 0.565. The second kappa shape index (κ2) is 7.33. The summed E-state index contributed by atoms with van der Waals surface area (Å²) in [6.45, 7) is 2.78. The van der Waals surface area contributed by atoms with E-state index in [-0.39, 0.29) is 0 Å². The van der Waals surface area contributed by atoms with Crippen LogP contribution < -0.4 is 15.8 Å². The van der Waals surface area contributed by atoms with Crippen molar-refractivity contribution in [3.63, 3.8) is 0 Å². The van der Waals surface area contributed by atoms with E-state index in [2.05, 4.69) is 29.3 Å². The molecular weight excluding hydrogens is 252 g/mol. The first-order chi connectivity index (χ1) is 9.65. The molecule has 2 rings (SSSR count). The molecule has 0 aliphatic heterocycles. The molecule has 0 amide bonds. The number of hydrogen-bond acceptors (Lipinski definition) is 5. The zero-order valence-electron chi connectivity index (χ0n) is 12.6. The molecule has 1 aliphatic rings. The van der Waals surface area contributed by atoms with Gasteiger partial charge in [-0.15, -0.1) is 0 Å². The van der Waals surface area contributed by atoms with Gasteiger partial charge >= 0.3 is 0 Å². The third-order valence-electron chi connectivity index (χ3n) is 3.38. The van der Waals surface area contributed by atoms with Gasteiger partial charge in [0.25, 0.3) is 0 Å². The van der Waals surface area contributed by atoms with Crippen LogP contribution in [0.1, 0.15) is 25.7 Å². The zero-order valence-corrected chi connectivity index (χ0v) is 12.6. The van der Waals surface area contributed by atoms with Crippen LogP contribution in [-0.4, -0.2) is 43.7 Å². The van der Waals surface area contributed by atoms with Gasteiger partial charge in [0.15, 0.2) is 0 Å². The molecule has 3 N–H and O–H groups in total. The van der Waals surface area contributed by atoms with Crippen molar-refractivity contribution in [3.8, 4) is 5.88 Å². The van der Waals surface area contributed by atoms with Gasteiger partial charge in [0.1, 0.15) is 5.82 Å². The van der Waals surface area contributed by atoms with Crippen molar-refractivity contribution in [1.29, 1.82) is 0 Å². The molecule has 5 heteroatoms. The first-order valence-corrected chi connectivity index (χ1v) is 7.43. The first kappa shape index (κ1) is 14.9. The lowest BCUT2D eigenvalue weighted by atomic mass is 10.3. The quantitative estimate of drug-likeness (QED) is 0.678. The van der Waals surface area contributed by atoms with Crippen molar-refractivity contribution < 1.29 is 4.74 Å². The lowest BCUT2D eigenvalue weighted by Crippen LogP contribution is -2.14. The molecule has 112 valence electrons. The second-order valence-corrected chi connectivity index (χ2v) is 5.78. The van der Waals surface area contributed by atoms with Gasteiger partial charge in [-0.2, -0.15) is 4.98 Å². The number of nitrogens with two attached hydrogens (primary N) is 1. The molecule has 1 aromatic rings. The number of nitrogens with zero attached hydrogens (tertiary/aromatic N) is 2. The van der Waals surface area contributed by atoms with Crippen LogP contribution >= 0.6 is 0 Å². The standard InChI is InChI=1S/C15H26N4O/c1-19(2)10-4-3-9-17-14-8-7-13(16)15(18-14)20-11-12-5-6-12/h7-8,12H,3-6,9-11,16H2,1-2H3,(H,17,18). The van der Waals surface area contributed by atoms with E-state index >= 15 is 0 Å². The van der Waals surface area contributed by atoms with Gasteiger partial charge in [0.05, 0.1) is 12.3 Å². The molecule has 0 atom stereocenters. The van der Waals surface area contributed by atoms with Crippen LogP contribution in [0.4, 0.5) is 11.5 Å². The SMILES string of the molecule is CN(C)CCCCNc1ccc(N)c(OCC2CC2)n1. The van der Waals surface area contributed by atoms with E-state index in [4.69, 9.17) is 10.5 Å². The largest absolute Gasteiger partial charge is 0.476 e. The van der Waals surface area contributed by atoms with Crippen molar-refractivity contribution >= 4 is 11.5 Å². The number of nitrogen functional groups attached to an aromatic ring is 1. The minimum Gasteiger partial charge on any atom is -0.476 e. The molecule has 20 heavy (non-hydrogen) atoms. The molecule has 1 heterocycles. The van der Waals surface area contributed by atoms with Crippen molar-refractivity contribution in [3.05, 3.63) is 12.1 Å². The van der Waals surface area contributed by atoms with E-state index in [1.807, 2.05) is 12.1 Å². The van der Waals surface area contributed by atoms with Gasteiger partial charge in [-0.05, 0) is 64.4 Å². The molecule has 0 unspecified atom stereocenters. The van der Waals surface area contributed by atoms with Gasteiger partial charge in [-0.25, -0.2) is 0 Å². The summed E-state index contributed by atoms with van der Waals surface area (Å²) in [5.41, 5.74) is 6.50. The lowest BCUT2D eigenvalue weighted by molar-refractivity contribution is 0.290. The van der Waals surface area contributed by atoms with Crippen molar-refractivity contribution in [2.24, 2.45) is 5.92 Å². The number of ether oxygens (including phenoxy) is 1. The molecule has 5 nitrogen and oxygen atoms in total. The third-order valence-corrected chi connectivity index (χ3v) is 3.38. The molecule has 0 spiro atoms. The summed E-state index contributed by atoms with van der Waals surface area (Å²) in [5.74, 6) is 2.11. The highest BCUT2D eigenvalue weighted by Crippen LogP contribution is 2.30. The monoisotopic (exact) mass is 278 g/mol. The average molecular weight is 278 g/mol. The van der Waals surface area contributed by atoms with Crippen LogP contribution in [0.15, 0.2) is 12.1 Å². The Hall–Kier alpha value is -1.49. The van der Waals surface area contributed by atoms with E-state index in [1.165, 1.54) is 19.3 Å². The smallest absolute Gasteiger partial charge is 0.239 e. The van der Waals surface area contributed by atoms with Crippen LogP contribution in [0, 0.1) is 5.92 Å². The van der Waals surface area contributed by atoms with Gasteiger partial charge in [0.2, 0.25) is 5.88 Å². The molecule has 1 aromatic heterocycles. The number of rotatable bonds is 9. The molecule has 0 saturated heterocycles. The Labute approximate surface area is 121 Å². The molecular formula is C15H26N4O. The number of nitrogens with one attached hydrogen (secondary N) is 1. The van der Waals surface area contributed by atoms with E-state index < -0.39 is 0 Å². The topological polar surface area (TPSA) is 63.4 Å². The van der Waals surface area contributed by atoms with Gasteiger partial charge in [0, 0.05) is 6.54 Å². The third kappa shape index (κ3) is 5.25. The summed E-state index contributed by atoms with van der Waals surface area (Å²) in [7, 11) is 4.19. The average Bonchev–Trinajstić information content (AvgIpc) is 3.22. The highest BCUT2D eigenvalue weighted by Gasteiger charge is 2.22. The van der Waals surface area contributed by atoms with Crippen LogP contribution in [0.5, 0.6) is 5.88 Å². The first-order valence-electron chi connectivity index (χ1n) is 7.43. The second-order valence-electron chi connectivity index (χ2n) is 5.78. The number of pyridine rings is 1. The summed E-state index contributed by atoms with van der Waals surface area (Å²) in [4.78, 5) is 6.64. The van der Waals surface area contributed by atoms with E-state index in [9.17, 15) is 0 Å². The predicted octanol–water partition coefficient (Wildman–Crippen LogP) is 2.21. The summed E-state index contributed by atoms with van der Waals surface area (Å²) in [6.07, 6.45) is 4.84. The van der Waals surface area contributed by atoms with E-state index in [0.717, 1.165) is 31.9 Å².